The molecule has 0 aromatic carbocycles. The standard InChI is InChI=1S/C12H12BrN3O2S/c1-7-5-10(16-11(15-7)12(17)18-2)14-6-9-8(13)3-4-19-9/h3-5H,6H2,1-2H3,(H,14,15,16). The quantitative estimate of drug-likeness (QED) is 0.866. The Morgan fingerprint density at radius 3 is 2.95 bits per heavy atom. The fraction of sp³-hybridized carbons (Fsp3) is 0.250. The van der Waals surface area contributed by atoms with Gasteiger partial charge in [-0.2, -0.15) is 0 Å². The number of ether oxygens (including phenoxy) is 1. The van der Waals surface area contributed by atoms with Gasteiger partial charge >= 0.3 is 5.97 Å². The number of rotatable bonds is 4. The monoisotopic (exact) mass is 341 g/mol. The van der Waals surface area contributed by atoms with E-state index in [9.17, 15) is 4.79 Å². The third-order valence-electron chi connectivity index (χ3n) is 2.34. The van der Waals surface area contributed by atoms with Crippen LogP contribution in [0.25, 0.3) is 0 Å². The summed E-state index contributed by atoms with van der Waals surface area (Å²) in [6.07, 6.45) is 0. The maximum Gasteiger partial charge on any atom is 0.376 e. The topological polar surface area (TPSA) is 64.1 Å². The summed E-state index contributed by atoms with van der Waals surface area (Å²) >= 11 is 5.11. The van der Waals surface area contributed by atoms with Crippen LogP contribution in [0.3, 0.4) is 0 Å². The molecule has 5 nitrogen and oxygen atoms in total. The van der Waals surface area contributed by atoms with E-state index in [0.717, 1.165) is 9.35 Å². The van der Waals surface area contributed by atoms with Gasteiger partial charge < -0.3 is 10.1 Å². The second kappa shape index (κ2) is 6.12. The number of nitrogens with one attached hydrogen (secondary N) is 1. The molecule has 0 saturated heterocycles. The highest BCUT2D eigenvalue weighted by Gasteiger charge is 2.11. The number of carbonyl (C=O) groups excluding carboxylic acids is 1. The van der Waals surface area contributed by atoms with Crippen molar-refractivity contribution in [1.82, 2.24) is 9.97 Å². The molecule has 2 heterocycles. The van der Waals surface area contributed by atoms with Gasteiger partial charge in [0.15, 0.2) is 0 Å². The lowest BCUT2D eigenvalue weighted by molar-refractivity contribution is 0.0586. The maximum atomic E-state index is 11.4. The number of hydrogen-bond donors (Lipinski definition) is 1. The minimum absolute atomic E-state index is 0.0650. The molecule has 0 amide bonds. The van der Waals surface area contributed by atoms with Crippen LogP contribution in [-0.4, -0.2) is 23.0 Å². The molecule has 0 aliphatic carbocycles. The molecule has 0 bridgehead atoms. The second-order valence-electron chi connectivity index (χ2n) is 3.76. The van der Waals surface area contributed by atoms with Crippen molar-refractivity contribution < 1.29 is 9.53 Å². The molecule has 2 aromatic rings. The maximum absolute atomic E-state index is 11.4. The molecule has 0 fully saturated rings. The molecule has 0 unspecified atom stereocenters. The van der Waals surface area contributed by atoms with Crippen LogP contribution in [0.4, 0.5) is 5.82 Å². The van der Waals surface area contributed by atoms with E-state index in [1.807, 2.05) is 11.4 Å². The van der Waals surface area contributed by atoms with Crippen LogP contribution >= 0.6 is 27.3 Å². The summed E-state index contributed by atoms with van der Waals surface area (Å²) in [5.41, 5.74) is 0.711. The number of aryl methyl sites for hydroxylation is 1. The van der Waals surface area contributed by atoms with Gasteiger partial charge in [0.2, 0.25) is 5.82 Å². The SMILES string of the molecule is COC(=O)c1nc(C)cc(NCc2sccc2Br)n1. The third kappa shape index (κ3) is 3.51. The van der Waals surface area contributed by atoms with E-state index in [4.69, 9.17) is 0 Å². The molecule has 100 valence electrons. The average Bonchev–Trinajstić information content (AvgIpc) is 2.80. The Kier molecular flexibility index (Phi) is 4.49. The Hall–Kier alpha value is -1.47. The molecule has 2 rings (SSSR count). The van der Waals surface area contributed by atoms with Crippen LogP contribution in [-0.2, 0) is 11.3 Å². The summed E-state index contributed by atoms with van der Waals surface area (Å²) in [5, 5.41) is 5.18. The van der Waals surface area contributed by atoms with Gasteiger partial charge in [-0.15, -0.1) is 11.3 Å². The van der Waals surface area contributed by atoms with E-state index in [1.165, 1.54) is 7.11 Å². The van der Waals surface area contributed by atoms with Crippen LogP contribution in [0.1, 0.15) is 21.2 Å². The van der Waals surface area contributed by atoms with Crippen molar-refractivity contribution in [3.63, 3.8) is 0 Å². The molecule has 0 spiro atoms. The Morgan fingerprint density at radius 1 is 1.53 bits per heavy atom. The van der Waals surface area contributed by atoms with Crippen LogP contribution < -0.4 is 5.32 Å². The first-order valence-corrected chi connectivity index (χ1v) is 7.17. The number of anilines is 1. The molecule has 0 saturated carbocycles. The smallest absolute Gasteiger partial charge is 0.376 e. The summed E-state index contributed by atoms with van der Waals surface area (Å²) in [6.45, 7) is 2.44. The Bertz CT molecular complexity index is 600. The lowest BCUT2D eigenvalue weighted by atomic mass is 10.4. The molecule has 0 atom stereocenters. The normalized spacial score (nSPS) is 10.3. The predicted molar refractivity (Wildman–Crippen MR) is 77.5 cm³/mol. The van der Waals surface area contributed by atoms with E-state index in [-0.39, 0.29) is 5.82 Å². The fourth-order valence-electron chi connectivity index (χ4n) is 1.46. The summed E-state index contributed by atoms with van der Waals surface area (Å²) in [4.78, 5) is 20.7. The van der Waals surface area contributed by atoms with E-state index in [0.29, 0.717) is 18.1 Å². The van der Waals surface area contributed by atoms with Crippen molar-refractivity contribution in [3.05, 3.63) is 38.4 Å². The Morgan fingerprint density at radius 2 is 2.32 bits per heavy atom. The predicted octanol–water partition coefficient (Wildman–Crippen LogP) is 3.01. The first kappa shape index (κ1) is 14.0. The number of thiophene rings is 1. The Balaban J connectivity index is 2.14. The Labute approximate surface area is 123 Å². The molecule has 2 aromatic heterocycles. The first-order chi connectivity index (χ1) is 9.10. The zero-order chi connectivity index (χ0) is 13.8. The lowest BCUT2D eigenvalue weighted by Crippen LogP contribution is -2.11. The highest BCUT2D eigenvalue weighted by Crippen LogP contribution is 2.23. The number of esters is 1. The number of halogens is 1. The number of carbonyl (C=O) groups is 1. The molecule has 19 heavy (non-hydrogen) atoms. The van der Waals surface area contributed by atoms with Crippen molar-refractivity contribution >= 4 is 39.1 Å². The summed E-state index contributed by atoms with van der Waals surface area (Å²) < 4.78 is 5.68. The number of methoxy groups -OCH3 is 1. The summed E-state index contributed by atoms with van der Waals surface area (Å²) in [5.74, 6) is 0.132. The van der Waals surface area contributed by atoms with Gasteiger partial charge in [-0.3, -0.25) is 0 Å². The van der Waals surface area contributed by atoms with Gasteiger partial charge in [0.25, 0.3) is 0 Å². The van der Waals surface area contributed by atoms with Crippen LogP contribution in [0, 0.1) is 6.92 Å². The van der Waals surface area contributed by atoms with Crippen LogP contribution in [0.15, 0.2) is 22.0 Å². The minimum Gasteiger partial charge on any atom is -0.463 e. The van der Waals surface area contributed by atoms with Gasteiger partial charge in [0.05, 0.1) is 13.7 Å². The molecule has 1 N–H and O–H groups in total. The number of aromatic nitrogens is 2. The van der Waals surface area contributed by atoms with Crippen LogP contribution in [0.2, 0.25) is 0 Å². The third-order valence-corrected chi connectivity index (χ3v) is 4.27. The van der Waals surface area contributed by atoms with Gasteiger partial charge in [0, 0.05) is 21.1 Å². The zero-order valence-corrected chi connectivity index (χ0v) is 12.8. The van der Waals surface area contributed by atoms with E-state index in [2.05, 4.69) is 36.0 Å². The van der Waals surface area contributed by atoms with Crippen molar-refractivity contribution in [2.75, 3.05) is 12.4 Å². The van der Waals surface area contributed by atoms with Gasteiger partial charge in [0.1, 0.15) is 5.82 Å². The molecular weight excluding hydrogens is 330 g/mol. The summed E-state index contributed by atoms with van der Waals surface area (Å²) in [6, 6.07) is 3.78. The lowest BCUT2D eigenvalue weighted by Gasteiger charge is -2.07. The highest BCUT2D eigenvalue weighted by atomic mass is 79.9. The molecule has 0 aliphatic heterocycles. The molecular formula is C12H12BrN3O2S. The first-order valence-electron chi connectivity index (χ1n) is 5.50. The number of nitrogens with zero attached hydrogens (tertiary/aromatic N) is 2. The van der Waals surface area contributed by atoms with Crippen molar-refractivity contribution in [1.29, 1.82) is 0 Å². The largest absolute Gasteiger partial charge is 0.463 e. The van der Waals surface area contributed by atoms with E-state index < -0.39 is 5.97 Å². The highest BCUT2D eigenvalue weighted by molar-refractivity contribution is 9.10. The zero-order valence-electron chi connectivity index (χ0n) is 10.4. The van der Waals surface area contributed by atoms with Crippen molar-refractivity contribution in [2.45, 2.75) is 13.5 Å². The van der Waals surface area contributed by atoms with Crippen LogP contribution in [0.5, 0.6) is 0 Å². The molecule has 0 radical (unpaired) electrons. The molecule has 0 aliphatic rings. The van der Waals surface area contributed by atoms with Crippen molar-refractivity contribution in [3.8, 4) is 0 Å². The fourth-order valence-corrected chi connectivity index (χ4v) is 2.90. The summed E-state index contributed by atoms with van der Waals surface area (Å²) in [7, 11) is 1.31. The number of hydrogen-bond acceptors (Lipinski definition) is 6. The van der Waals surface area contributed by atoms with E-state index >= 15 is 0 Å². The van der Waals surface area contributed by atoms with Gasteiger partial charge in [-0.1, -0.05) is 0 Å². The average molecular weight is 342 g/mol. The minimum atomic E-state index is -0.538. The second-order valence-corrected chi connectivity index (χ2v) is 5.61. The van der Waals surface area contributed by atoms with E-state index in [1.54, 1.807) is 24.3 Å². The molecule has 7 heteroatoms. The van der Waals surface area contributed by atoms with Crippen molar-refractivity contribution in [2.24, 2.45) is 0 Å². The van der Waals surface area contributed by atoms with Gasteiger partial charge in [-0.05, 0) is 34.3 Å². The van der Waals surface area contributed by atoms with Gasteiger partial charge in [-0.25, -0.2) is 14.8 Å².